The van der Waals surface area contributed by atoms with E-state index in [0.717, 1.165) is 11.0 Å². The lowest BCUT2D eigenvalue weighted by Gasteiger charge is -2.02. The molecule has 0 fully saturated rings. The summed E-state index contributed by atoms with van der Waals surface area (Å²) in [4.78, 5) is 22.9. The van der Waals surface area contributed by atoms with Crippen molar-refractivity contribution in [2.24, 2.45) is 0 Å². The van der Waals surface area contributed by atoms with Gasteiger partial charge in [-0.1, -0.05) is 18.2 Å². The molecule has 6 heteroatoms. The Hall–Kier alpha value is -2.34. The summed E-state index contributed by atoms with van der Waals surface area (Å²) < 4.78 is 0. The number of ketones is 1. The molecule has 0 aliphatic rings. The van der Waals surface area contributed by atoms with Crippen LogP contribution >= 0.6 is 11.8 Å². The number of phenolic OH excluding ortho intramolecular Hbond substituents is 1. The third-order valence-corrected chi connectivity index (χ3v) is 3.62. The minimum absolute atomic E-state index is 0.186. The van der Waals surface area contributed by atoms with Crippen molar-refractivity contribution in [1.82, 2.24) is 0 Å². The fourth-order valence-electron chi connectivity index (χ4n) is 1.59. The zero-order valence-electron chi connectivity index (χ0n) is 10.4. The van der Waals surface area contributed by atoms with Gasteiger partial charge in [0.1, 0.15) is 0 Å². The molecule has 0 saturated heterocycles. The first kappa shape index (κ1) is 14.1. The summed E-state index contributed by atoms with van der Waals surface area (Å²) in [6.45, 7) is 0. The quantitative estimate of drug-likeness (QED) is 0.395. The Morgan fingerprint density at radius 1 is 1.20 bits per heavy atom. The van der Waals surface area contributed by atoms with Gasteiger partial charge in [-0.3, -0.25) is 14.9 Å². The molecule has 0 bridgehead atoms. The molecule has 0 aliphatic heterocycles. The summed E-state index contributed by atoms with van der Waals surface area (Å²) in [7, 11) is 0. The molecule has 20 heavy (non-hydrogen) atoms. The molecule has 2 rings (SSSR count). The number of hydrogen-bond acceptors (Lipinski definition) is 5. The minimum Gasteiger partial charge on any atom is -0.502 e. The normalized spacial score (nSPS) is 10.2. The second kappa shape index (κ2) is 6.21. The van der Waals surface area contributed by atoms with E-state index in [1.54, 1.807) is 0 Å². The van der Waals surface area contributed by atoms with Gasteiger partial charge >= 0.3 is 5.69 Å². The highest BCUT2D eigenvalue weighted by atomic mass is 32.2. The van der Waals surface area contributed by atoms with Gasteiger partial charge in [0.25, 0.3) is 0 Å². The van der Waals surface area contributed by atoms with Crippen LogP contribution in [0.15, 0.2) is 53.4 Å². The number of nitrogens with zero attached hydrogens (tertiary/aromatic N) is 1. The van der Waals surface area contributed by atoms with Gasteiger partial charge in [0.2, 0.25) is 0 Å². The number of hydrogen-bond donors (Lipinski definition) is 1. The molecule has 0 aromatic heterocycles. The molecule has 2 aromatic carbocycles. The molecular weight excluding hydrogens is 278 g/mol. The number of phenols is 1. The Labute approximate surface area is 119 Å². The lowest BCUT2D eigenvalue weighted by molar-refractivity contribution is -0.385. The number of carbonyl (C=O) groups excluding carboxylic acids is 1. The lowest BCUT2D eigenvalue weighted by Crippen LogP contribution is -2.03. The van der Waals surface area contributed by atoms with Crippen LogP contribution in [0.25, 0.3) is 0 Å². The average molecular weight is 289 g/mol. The van der Waals surface area contributed by atoms with Crippen LogP contribution in [0.1, 0.15) is 10.4 Å². The maximum atomic E-state index is 12.0. The number of nitro benzene ring substituents is 1. The molecule has 0 spiro atoms. The van der Waals surface area contributed by atoms with Crippen molar-refractivity contribution in [3.63, 3.8) is 0 Å². The van der Waals surface area contributed by atoms with Crippen LogP contribution in [-0.4, -0.2) is 21.6 Å². The highest BCUT2D eigenvalue weighted by molar-refractivity contribution is 8.00. The minimum atomic E-state index is -0.712. The fraction of sp³-hybridized carbons (Fsp3) is 0.0714. The summed E-state index contributed by atoms with van der Waals surface area (Å²) >= 11 is 1.36. The van der Waals surface area contributed by atoms with Crippen molar-refractivity contribution in [2.45, 2.75) is 4.90 Å². The third-order valence-electron chi connectivity index (χ3n) is 2.61. The number of rotatable bonds is 5. The SMILES string of the molecule is O=C(CSc1ccccc1)c1ccc(O)c([N+](=O)[O-])c1. The van der Waals surface area contributed by atoms with Crippen LogP contribution in [0.4, 0.5) is 5.69 Å². The molecule has 2 aromatic rings. The van der Waals surface area contributed by atoms with Crippen molar-refractivity contribution >= 4 is 23.2 Å². The molecule has 0 saturated carbocycles. The van der Waals surface area contributed by atoms with Gasteiger partial charge in [0.15, 0.2) is 11.5 Å². The molecule has 5 nitrogen and oxygen atoms in total. The number of Topliss-reactive ketones (excluding diaryl/α,β-unsaturated/α-hetero) is 1. The van der Waals surface area contributed by atoms with Crippen molar-refractivity contribution < 1.29 is 14.8 Å². The molecular formula is C14H11NO4S. The third kappa shape index (κ3) is 3.36. The Morgan fingerprint density at radius 2 is 1.90 bits per heavy atom. The van der Waals surface area contributed by atoms with E-state index in [1.807, 2.05) is 30.3 Å². The molecule has 0 unspecified atom stereocenters. The van der Waals surface area contributed by atoms with E-state index in [2.05, 4.69) is 0 Å². The maximum Gasteiger partial charge on any atom is 0.311 e. The summed E-state index contributed by atoms with van der Waals surface area (Å²) in [5.41, 5.74) is -0.238. The molecule has 0 aliphatic carbocycles. The summed E-state index contributed by atoms with van der Waals surface area (Å²) in [6, 6.07) is 13.1. The second-order valence-corrected chi connectivity index (χ2v) is 5.03. The van der Waals surface area contributed by atoms with Crippen LogP contribution in [-0.2, 0) is 0 Å². The Morgan fingerprint density at radius 3 is 2.55 bits per heavy atom. The number of thioether (sulfide) groups is 1. The Kier molecular flexibility index (Phi) is 4.37. The van der Waals surface area contributed by atoms with E-state index in [9.17, 15) is 20.0 Å². The average Bonchev–Trinajstić information content (AvgIpc) is 2.46. The van der Waals surface area contributed by atoms with Gasteiger partial charge in [-0.2, -0.15) is 0 Å². The lowest BCUT2D eigenvalue weighted by atomic mass is 10.1. The number of aromatic hydroxyl groups is 1. The number of benzene rings is 2. The Bertz CT molecular complexity index is 643. The van der Waals surface area contributed by atoms with E-state index < -0.39 is 16.4 Å². The fourth-order valence-corrected chi connectivity index (χ4v) is 2.41. The van der Waals surface area contributed by atoms with E-state index in [1.165, 1.54) is 23.9 Å². The highest BCUT2D eigenvalue weighted by Crippen LogP contribution is 2.27. The number of carbonyl (C=O) groups is 1. The first-order valence-corrected chi connectivity index (χ1v) is 6.75. The molecule has 102 valence electrons. The maximum absolute atomic E-state index is 12.0. The molecule has 0 atom stereocenters. The predicted octanol–water partition coefficient (Wildman–Crippen LogP) is 3.28. The van der Waals surface area contributed by atoms with Gasteiger partial charge < -0.3 is 5.11 Å². The van der Waals surface area contributed by atoms with Gasteiger partial charge in [-0.15, -0.1) is 11.8 Å². The molecule has 0 radical (unpaired) electrons. The van der Waals surface area contributed by atoms with Crippen LogP contribution in [0.2, 0.25) is 0 Å². The van der Waals surface area contributed by atoms with Crippen LogP contribution in [0, 0.1) is 10.1 Å². The highest BCUT2D eigenvalue weighted by Gasteiger charge is 2.16. The van der Waals surface area contributed by atoms with E-state index in [4.69, 9.17) is 0 Å². The first-order chi connectivity index (χ1) is 9.58. The zero-order valence-corrected chi connectivity index (χ0v) is 11.2. The zero-order chi connectivity index (χ0) is 14.5. The first-order valence-electron chi connectivity index (χ1n) is 5.76. The Balaban J connectivity index is 2.10. The summed E-state index contributed by atoms with van der Waals surface area (Å²) in [5, 5.41) is 20.0. The van der Waals surface area contributed by atoms with E-state index in [-0.39, 0.29) is 17.1 Å². The monoisotopic (exact) mass is 289 g/mol. The van der Waals surface area contributed by atoms with E-state index in [0.29, 0.717) is 0 Å². The van der Waals surface area contributed by atoms with Gasteiger partial charge in [0, 0.05) is 16.5 Å². The largest absolute Gasteiger partial charge is 0.502 e. The standard InChI is InChI=1S/C14H11NO4S/c16-13-7-6-10(8-12(13)15(18)19)14(17)9-20-11-4-2-1-3-5-11/h1-8,16H,9H2. The second-order valence-electron chi connectivity index (χ2n) is 3.99. The van der Waals surface area contributed by atoms with Crippen LogP contribution in [0.5, 0.6) is 5.75 Å². The van der Waals surface area contributed by atoms with Gasteiger partial charge in [-0.05, 0) is 24.3 Å². The smallest absolute Gasteiger partial charge is 0.311 e. The molecule has 0 amide bonds. The topological polar surface area (TPSA) is 80.4 Å². The van der Waals surface area contributed by atoms with E-state index >= 15 is 0 Å². The van der Waals surface area contributed by atoms with Crippen molar-refractivity contribution in [1.29, 1.82) is 0 Å². The van der Waals surface area contributed by atoms with Crippen LogP contribution in [0.3, 0.4) is 0 Å². The van der Waals surface area contributed by atoms with Crippen molar-refractivity contribution in [3.05, 3.63) is 64.2 Å². The van der Waals surface area contributed by atoms with Crippen molar-refractivity contribution in [2.75, 3.05) is 5.75 Å². The molecule has 0 heterocycles. The summed E-state index contributed by atoms with van der Waals surface area (Å²) in [6.07, 6.45) is 0. The molecule has 1 N–H and O–H groups in total. The predicted molar refractivity (Wildman–Crippen MR) is 76.3 cm³/mol. The van der Waals surface area contributed by atoms with Crippen LogP contribution < -0.4 is 0 Å². The van der Waals surface area contributed by atoms with Crippen molar-refractivity contribution in [3.8, 4) is 5.75 Å². The van der Waals surface area contributed by atoms with Gasteiger partial charge in [0.05, 0.1) is 10.7 Å². The number of nitro groups is 1. The summed E-state index contributed by atoms with van der Waals surface area (Å²) in [5.74, 6) is -0.476. The van der Waals surface area contributed by atoms with Gasteiger partial charge in [-0.25, -0.2) is 0 Å².